The molecule has 2 unspecified atom stereocenters. The topological polar surface area (TPSA) is 0 Å². The van der Waals surface area contributed by atoms with Crippen LogP contribution in [0, 0.1) is 11.3 Å². The van der Waals surface area contributed by atoms with Crippen molar-refractivity contribution in [1.29, 1.82) is 0 Å². The summed E-state index contributed by atoms with van der Waals surface area (Å²) in [6.45, 7) is 11.8. The van der Waals surface area contributed by atoms with Crippen LogP contribution in [0.5, 0.6) is 0 Å². The van der Waals surface area contributed by atoms with Gasteiger partial charge in [0, 0.05) is 0 Å². The SMILES string of the molecule is CCC(CC(C)(C)C(C)CC)c1ccccc1. The maximum Gasteiger partial charge on any atom is -0.0159 e. The summed E-state index contributed by atoms with van der Waals surface area (Å²) < 4.78 is 0. The summed E-state index contributed by atoms with van der Waals surface area (Å²) in [7, 11) is 0. The van der Waals surface area contributed by atoms with Crippen molar-refractivity contribution in [2.75, 3.05) is 0 Å². The van der Waals surface area contributed by atoms with E-state index in [2.05, 4.69) is 65.0 Å². The van der Waals surface area contributed by atoms with Crippen LogP contribution in [0.25, 0.3) is 0 Å². The molecule has 1 aromatic rings. The highest BCUT2D eigenvalue weighted by molar-refractivity contribution is 5.19. The van der Waals surface area contributed by atoms with Crippen molar-refractivity contribution >= 4 is 0 Å². The van der Waals surface area contributed by atoms with Gasteiger partial charge in [-0.05, 0) is 35.7 Å². The second-order valence-electron chi connectivity index (χ2n) is 6.02. The minimum absolute atomic E-state index is 0.436. The highest BCUT2D eigenvalue weighted by Gasteiger charge is 2.28. The van der Waals surface area contributed by atoms with Crippen molar-refractivity contribution in [2.45, 2.75) is 59.8 Å². The molecule has 1 rings (SSSR count). The summed E-state index contributed by atoms with van der Waals surface area (Å²) in [5, 5.41) is 0. The minimum Gasteiger partial charge on any atom is -0.0651 e. The monoisotopic (exact) mass is 232 g/mol. The first-order valence-electron chi connectivity index (χ1n) is 7.06. The van der Waals surface area contributed by atoms with Gasteiger partial charge in [-0.2, -0.15) is 0 Å². The van der Waals surface area contributed by atoms with Gasteiger partial charge in [0.15, 0.2) is 0 Å². The van der Waals surface area contributed by atoms with Crippen LogP contribution in [-0.2, 0) is 0 Å². The van der Waals surface area contributed by atoms with E-state index >= 15 is 0 Å². The normalized spacial score (nSPS) is 15.6. The maximum absolute atomic E-state index is 2.42. The highest BCUT2D eigenvalue weighted by atomic mass is 14.3. The van der Waals surface area contributed by atoms with Gasteiger partial charge in [0.05, 0.1) is 0 Å². The van der Waals surface area contributed by atoms with Gasteiger partial charge in [0.2, 0.25) is 0 Å². The van der Waals surface area contributed by atoms with Crippen LogP contribution in [0.2, 0.25) is 0 Å². The van der Waals surface area contributed by atoms with Gasteiger partial charge in [-0.1, -0.05) is 71.4 Å². The van der Waals surface area contributed by atoms with E-state index in [0.29, 0.717) is 11.3 Å². The van der Waals surface area contributed by atoms with Crippen molar-refractivity contribution in [3.05, 3.63) is 35.9 Å². The number of benzene rings is 1. The largest absolute Gasteiger partial charge is 0.0651 e. The summed E-state index contributed by atoms with van der Waals surface area (Å²) in [6, 6.07) is 11.0. The maximum atomic E-state index is 2.42. The number of hydrogen-bond acceptors (Lipinski definition) is 0. The van der Waals surface area contributed by atoms with Gasteiger partial charge in [0.1, 0.15) is 0 Å². The number of rotatable bonds is 6. The molecular formula is C17H28. The molecule has 0 heteroatoms. The molecule has 0 nitrogen and oxygen atoms in total. The highest BCUT2D eigenvalue weighted by Crippen LogP contribution is 2.40. The van der Waals surface area contributed by atoms with E-state index in [4.69, 9.17) is 0 Å². The van der Waals surface area contributed by atoms with E-state index in [-0.39, 0.29) is 0 Å². The van der Waals surface area contributed by atoms with Gasteiger partial charge in [-0.25, -0.2) is 0 Å². The summed E-state index contributed by atoms with van der Waals surface area (Å²) in [5.41, 5.74) is 1.94. The molecule has 0 aliphatic heterocycles. The Bertz CT molecular complexity index is 310. The van der Waals surface area contributed by atoms with Crippen LogP contribution >= 0.6 is 0 Å². The van der Waals surface area contributed by atoms with E-state index in [0.717, 1.165) is 5.92 Å². The molecule has 0 amide bonds. The van der Waals surface area contributed by atoms with Gasteiger partial charge < -0.3 is 0 Å². The lowest BCUT2D eigenvalue weighted by Crippen LogP contribution is -2.23. The fourth-order valence-corrected chi connectivity index (χ4v) is 2.61. The molecule has 96 valence electrons. The molecule has 0 heterocycles. The predicted octanol–water partition coefficient (Wildman–Crippen LogP) is 5.64. The Balaban J connectivity index is 2.77. The summed E-state index contributed by atoms with van der Waals surface area (Å²) >= 11 is 0. The van der Waals surface area contributed by atoms with Gasteiger partial charge >= 0.3 is 0 Å². The lowest BCUT2D eigenvalue weighted by Gasteiger charge is -2.35. The van der Waals surface area contributed by atoms with Gasteiger partial charge in [-0.3, -0.25) is 0 Å². The van der Waals surface area contributed by atoms with Gasteiger partial charge in [0.25, 0.3) is 0 Å². The van der Waals surface area contributed by atoms with Crippen molar-refractivity contribution in [2.24, 2.45) is 11.3 Å². The molecule has 0 fully saturated rings. The summed E-state index contributed by atoms with van der Waals surface area (Å²) in [4.78, 5) is 0. The van der Waals surface area contributed by atoms with Crippen LogP contribution in [0.4, 0.5) is 0 Å². The van der Waals surface area contributed by atoms with Crippen LogP contribution in [0.3, 0.4) is 0 Å². The lowest BCUT2D eigenvalue weighted by atomic mass is 9.71. The third-order valence-corrected chi connectivity index (χ3v) is 4.48. The van der Waals surface area contributed by atoms with Crippen molar-refractivity contribution in [3.63, 3.8) is 0 Å². The van der Waals surface area contributed by atoms with Crippen molar-refractivity contribution in [3.8, 4) is 0 Å². The second-order valence-corrected chi connectivity index (χ2v) is 6.02. The third-order valence-electron chi connectivity index (χ3n) is 4.48. The molecule has 0 saturated carbocycles. The summed E-state index contributed by atoms with van der Waals surface area (Å²) in [6.07, 6.45) is 3.81. The van der Waals surface area contributed by atoms with E-state index in [1.807, 2.05) is 0 Å². The first-order chi connectivity index (χ1) is 8.01. The third kappa shape index (κ3) is 3.87. The second kappa shape index (κ2) is 6.23. The van der Waals surface area contributed by atoms with Crippen molar-refractivity contribution < 1.29 is 0 Å². The van der Waals surface area contributed by atoms with Crippen LogP contribution < -0.4 is 0 Å². The Morgan fingerprint density at radius 3 is 2.06 bits per heavy atom. The average molecular weight is 232 g/mol. The minimum atomic E-state index is 0.436. The van der Waals surface area contributed by atoms with E-state index < -0.39 is 0 Å². The molecule has 0 N–H and O–H groups in total. The van der Waals surface area contributed by atoms with Gasteiger partial charge in [-0.15, -0.1) is 0 Å². The first kappa shape index (κ1) is 14.3. The Kier molecular flexibility index (Phi) is 5.24. The molecule has 0 saturated heterocycles. The van der Waals surface area contributed by atoms with E-state index in [1.165, 1.54) is 24.8 Å². The fourth-order valence-electron chi connectivity index (χ4n) is 2.61. The molecule has 0 aliphatic carbocycles. The Morgan fingerprint density at radius 1 is 1.00 bits per heavy atom. The molecular weight excluding hydrogens is 204 g/mol. The van der Waals surface area contributed by atoms with E-state index in [9.17, 15) is 0 Å². The van der Waals surface area contributed by atoms with Crippen LogP contribution in [-0.4, -0.2) is 0 Å². The Labute approximate surface area is 107 Å². The summed E-state index contributed by atoms with van der Waals surface area (Å²) in [5.74, 6) is 1.50. The molecule has 1 aromatic carbocycles. The Hall–Kier alpha value is -0.780. The predicted molar refractivity (Wildman–Crippen MR) is 77.3 cm³/mol. The zero-order chi connectivity index (χ0) is 12.9. The van der Waals surface area contributed by atoms with Crippen molar-refractivity contribution in [1.82, 2.24) is 0 Å². The zero-order valence-corrected chi connectivity index (χ0v) is 12.2. The molecule has 0 aliphatic rings. The molecule has 0 aromatic heterocycles. The first-order valence-corrected chi connectivity index (χ1v) is 7.06. The molecule has 0 spiro atoms. The quantitative estimate of drug-likeness (QED) is 0.595. The molecule has 0 bridgehead atoms. The zero-order valence-electron chi connectivity index (χ0n) is 12.2. The van der Waals surface area contributed by atoms with Crippen LogP contribution in [0.15, 0.2) is 30.3 Å². The lowest BCUT2D eigenvalue weighted by molar-refractivity contribution is 0.188. The smallest absolute Gasteiger partial charge is 0.0159 e. The molecule has 0 radical (unpaired) electrons. The van der Waals surface area contributed by atoms with E-state index in [1.54, 1.807) is 0 Å². The Morgan fingerprint density at radius 2 is 1.59 bits per heavy atom. The molecule has 2 atom stereocenters. The average Bonchev–Trinajstić information content (AvgIpc) is 2.36. The molecule has 17 heavy (non-hydrogen) atoms. The van der Waals surface area contributed by atoms with Crippen LogP contribution in [0.1, 0.15) is 65.4 Å². The standard InChI is InChI=1S/C17H28/c1-6-14(3)17(4,5)13-15(7-2)16-11-9-8-10-12-16/h8-12,14-15H,6-7,13H2,1-5H3. The number of hydrogen-bond donors (Lipinski definition) is 0. The fraction of sp³-hybridized carbons (Fsp3) is 0.647.